The molecular weight excluding hydrogens is 488 g/mol. The fourth-order valence-electron chi connectivity index (χ4n) is 4.14. The van der Waals surface area contributed by atoms with E-state index in [4.69, 9.17) is 9.47 Å². The molecule has 196 valence electrons. The summed E-state index contributed by atoms with van der Waals surface area (Å²) in [6, 6.07) is 25.7. The highest BCUT2D eigenvalue weighted by molar-refractivity contribution is 5.96. The monoisotopic (exact) mass is 516 g/mol. The van der Waals surface area contributed by atoms with Gasteiger partial charge in [0.15, 0.2) is 24.2 Å². The molecule has 3 aromatic rings. The first kappa shape index (κ1) is 26.7. The summed E-state index contributed by atoms with van der Waals surface area (Å²) in [6.45, 7) is 0.917. The molecule has 9 nitrogen and oxygen atoms in total. The number of nitrogens with zero attached hydrogens (tertiary/aromatic N) is 1. The molecule has 3 aromatic carbocycles. The molecule has 1 fully saturated rings. The molecule has 4 rings (SSSR count). The van der Waals surface area contributed by atoms with Crippen molar-refractivity contribution in [3.05, 3.63) is 108 Å². The molecular formula is C29H28N2O7. The van der Waals surface area contributed by atoms with Gasteiger partial charge in [0.25, 0.3) is 5.91 Å². The van der Waals surface area contributed by atoms with Crippen LogP contribution >= 0.6 is 0 Å². The van der Waals surface area contributed by atoms with Crippen molar-refractivity contribution < 1.29 is 33.8 Å². The molecule has 3 unspecified atom stereocenters. The average molecular weight is 517 g/mol. The Kier molecular flexibility index (Phi) is 8.62. The summed E-state index contributed by atoms with van der Waals surface area (Å²) in [5.74, 6) is -2.60. The van der Waals surface area contributed by atoms with Crippen molar-refractivity contribution >= 4 is 23.6 Å². The molecule has 0 spiro atoms. The number of nitrogens with one attached hydrogen (secondary N) is 1. The molecule has 0 aromatic heterocycles. The maximum absolute atomic E-state index is 13.1. The van der Waals surface area contributed by atoms with Gasteiger partial charge in [-0.25, -0.2) is 4.79 Å². The molecule has 2 amide bonds. The van der Waals surface area contributed by atoms with Crippen LogP contribution in [0.5, 0.6) is 0 Å². The third-order valence-corrected chi connectivity index (χ3v) is 5.97. The van der Waals surface area contributed by atoms with Gasteiger partial charge < -0.3 is 19.9 Å². The number of β-lactam (4-membered cyclic amide) rings is 1. The average Bonchev–Trinajstić information content (AvgIpc) is 2.93. The number of carbonyl (C=O) groups excluding carboxylic acids is 4. The molecule has 1 saturated heterocycles. The number of ether oxygens (including phenoxy) is 2. The zero-order valence-corrected chi connectivity index (χ0v) is 20.7. The fraction of sp³-hybridized carbons (Fsp3) is 0.241. The van der Waals surface area contributed by atoms with E-state index in [0.29, 0.717) is 11.1 Å². The molecule has 3 atom stereocenters. The van der Waals surface area contributed by atoms with Crippen molar-refractivity contribution in [1.82, 2.24) is 10.2 Å². The number of Topliss-reactive ketones (excluding diaryl/α,β-unsaturated/α-hetero) is 1. The number of rotatable bonds is 11. The smallest absolute Gasteiger partial charge is 0.357 e. The third-order valence-electron chi connectivity index (χ3n) is 5.97. The second-order valence-electron chi connectivity index (χ2n) is 8.87. The fourth-order valence-corrected chi connectivity index (χ4v) is 4.14. The van der Waals surface area contributed by atoms with Gasteiger partial charge in [-0.3, -0.25) is 19.3 Å². The number of hydrogen-bond donors (Lipinski definition) is 2. The number of amides is 2. The Labute approximate surface area is 220 Å². The van der Waals surface area contributed by atoms with Gasteiger partial charge in [-0.15, -0.1) is 0 Å². The lowest BCUT2D eigenvalue weighted by Gasteiger charge is -2.47. The van der Waals surface area contributed by atoms with Crippen LogP contribution in [0.3, 0.4) is 0 Å². The standard InChI is InChI=1S/C29H28N2O7/c1-19(32)18-37-28-24(30-23(33)17-20-11-5-2-6-12-20)26(34)31(28)27(35)29(36)38-25(21-13-7-3-8-14-21)22-15-9-4-10-16-22/h2-16,24-25,27-28,35H,17-18H2,1H3,(H,30,33). The van der Waals surface area contributed by atoms with Crippen LogP contribution in [-0.4, -0.2) is 58.7 Å². The van der Waals surface area contributed by atoms with Crippen molar-refractivity contribution in [2.45, 2.75) is 37.9 Å². The number of likely N-dealkylation sites (tertiary alicyclic amines) is 1. The van der Waals surface area contributed by atoms with Crippen LogP contribution in [0, 0.1) is 0 Å². The van der Waals surface area contributed by atoms with Gasteiger partial charge >= 0.3 is 5.97 Å². The summed E-state index contributed by atoms with van der Waals surface area (Å²) in [7, 11) is 0. The van der Waals surface area contributed by atoms with Crippen molar-refractivity contribution in [1.29, 1.82) is 0 Å². The lowest BCUT2D eigenvalue weighted by atomic mass is 10.0. The quantitative estimate of drug-likeness (QED) is 0.296. The van der Waals surface area contributed by atoms with Gasteiger partial charge in [-0.2, -0.15) is 0 Å². The van der Waals surface area contributed by atoms with Crippen molar-refractivity contribution in [3.8, 4) is 0 Å². The molecule has 1 heterocycles. The molecule has 9 heteroatoms. The van der Waals surface area contributed by atoms with E-state index < -0.39 is 42.4 Å². The van der Waals surface area contributed by atoms with E-state index in [1.165, 1.54) is 6.92 Å². The second kappa shape index (κ2) is 12.3. The Morgan fingerprint density at radius 3 is 1.95 bits per heavy atom. The Bertz CT molecular complexity index is 1230. The van der Waals surface area contributed by atoms with E-state index in [2.05, 4.69) is 5.32 Å². The number of carbonyl (C=O) groups is 4. The topological polar surface area (TPSA) is 122 Å². The minimum atomic E-state index is -2.02. The number of esters is 1. The van der Waals surface area contributed by atoms with Crippen molar-refractivity contribution in [2.75, 3.05) is 6.61 Å². The van der Waals surface area contributed by atoms with Crippen LogP contribution in [0.25, 0.3) is 0 Å². The number of benzene rings is 3. The van der Waals surface area contributed by atoms with Gasteiger partial charge in [-0.05, 0) is 23.6 Å². The van der Waals surface area contributed by atoms with E-state index in [1.54, 1.807) is 72.8 Å². The summed E-state index contributed by atoms with van der Waals surface area (Å²) in [4.78, 5) is 50.9. The Morgan fingerprint density at radius 1 is 0.895 bits per heavy atom. The van der Waals surface area contributed by atoms with Crippen molar-refractivity contribution in [3.63, 3.8) is 0 Å². The Morgan fingerprint density at radius 2 is 1.42 bits per heavy atom. The molecule has 0 bridgehead atoms. The lowest BCUT2D eigenvalue weighted by Crippen LogP contribution is -2.75. The minimum absolute atomic E-state index is 0.0183. The summed E-state index contributed by atoms with van der Waals surface area (Å²) in [5, 5.41) is 13.4. The first-order valence-electron chi connectivity index (χ1n) is 12.1. The van der Waals surface area contributed by atoms with E-state index in [-0.39, 0.29) is 18.8 Å². The first-order chi connectivity index (χ1) is 18.3. The largest absolute Gasteiger partial charge is 0.449 e. The van der Waals surface area contributed by atoms with Gasteiger partial charge in [0, 0.05) is 0 Å². The highest BCUT2D eigenvalue weighted by atomic mass is 16.6. The minimum Gasteiger partial charge on any atom is -0.449 e. The van der Waals surface area contributed by atoms with Crippen LogP contribution in [0.15, 0.2) is 91.0 Å². The molecule has 2 N–H and O–H groups in total. The van der Waals surface area contributed by atoms with Gasteiger partial charge in [0.05, 0.1) is 6.42 Å². The molecule has 38 heavy (non-hydrogen) atoms. The predicted octanol–water partition coefficient (Wildman–Crippen LogP) is 2.14. The number of hydrogen-bond acceptors (Lipinski definition) is 7. The SMILES string of the molecule is CC(=O)COC1C(NC(=O)Cc2ccccc2)C(=O)N1C(O)C(=O)OC(c1ccccc1)c1ccccc1. The van der Waals surface area contributed by atoms with Crippen LogP contribution in [0.2, 0.25) is 0 Å². The molecule has 0 radical (unpaired) electrons. The van der Waals surface area contributed by atoms with Crippen LogP contribution < -0.4 is 5.32 Å². The van der Waals surface area contributed by atoms with E-state index in [0.717, 1.165) is 10.5 Å². The molecule has 1 aliphatic rings. The highest BCUT2D eigenvalue weighted by Crippen LogP contribution is 2.29. The molecule has 0 saturated carbocycles. The maximum atomic E-state index is 13.1. The maximum Gasteiger partial charge on any atom is 0.357 e. The zero-order valence-electron chi connectivity index (χ0n) is 20.7. The zero-order chi connectivity index (χ0) is 27.1. The van der Waals surface area contributed by atoms with Crippen LogP contribution in [0.1, 0.15) is 29.7 Å². The normalized spacial score (nSPS) is 17.4. The summed E-state index contributed by atoms with van der Waals surface area (Å²) in [6.07, 6.45) is -4.07. The summed E-state index contributed by atoms with van der Waals surface area (Å²) in [5.41, 5.74) is 2.08. The lowest BCUT2D eigenvalue weighted by molar-refractivity contribution is -0.220. The third kappa shape index (κ3) is 6.31. The van der Waals surface area contributed by atoms with Gasteiger partial charge in [0.1, 0.15) is 6.61 Å². The van der Waals surface area contributed by atoms with E-state index in [9.17, 15) is 24.3 Å². The second-order valence-corrected chi connectivity index (χ2v) is 8.87. The molecule has 1 aliphatic heterocycles. The summed E-state index contributed by atoms with van der Waals surface area (Å²) < 4.78 is 11.2. The van der Waals surface area contributed by atoms with E-state index in [1.807, 2.05) is 18.2 Å². The van der Waals surface area contributed by atoms with Gasteiger partial charge in [0.2, 0.25) is 12.1 Å². The molecule has 0 aliphatic carbocycles. The first-order valence-corrected chi connectivity index (χ1v) is 12.1. The Balaban J connectivity index is 1.48. The Hall–Kier alpha value is -4.34. The highest BCUT2D eigenvalue weighted by Gasteiger charge is 2.54. The van der Waals surface area contributed by atoms with Gasteiger partial charge in [-0.1, -0.05) is 91.0 Å². The predicted molar refractivity (Wildman–Crippen MR) is 136 cm³/mol. The number of aliphatic hydroxyl groups is 1. The number of ketones is 1. The van der Waals surface area contributed by atoms with Crippen molar-refractivity contribution in [2.24, 2.45) is 0 Å². The number of aliphatic hydroxyl groups excluding tert-OH is 1. The summed E-state index contributed by atoms with van der Waals surface area (Å²) >= 11 is 0. The van der Waals surface area contributed by atoms with Crippen LogP contribution in [0.4, 0.5) is 0 Å². The van der Waals surface area contributed by atoms with E-state index >= 15 is 0 Å². The van der Waals surface area contributed by atoms with Crippen LogP contribution in [-0.2, 0) is 35.1 Å².